The summed E-state index contributed by atoms with van der Waals surface area (Å²) in [7, 11) is 0. The van der Waals surface area contributed by atoms with Gasteiger partial charge in [0.05, 0.1) is 10.9 Å². The lowest BCUT2D eigenvalue weighted by molar-refractivity contribution is -0.121. The van der Waals surface area contributed by atoms with E-state index in [0.29, 0.717) is 12.1 Å². The van der Waals surface area contributed by atoms with Crippen LogP contribution in [0.1, 0.15) is 13.3 Å². The van der Waals surface area contributed by atoms with Gasteiger partial charge in [0, 0.05) is 10.9 Å². The van der Waals surface area contributed by atoms with Crippen molar-refractivity contribution in [2.75, 3.05) is 10.7 Å². The summed E-state index contributed by atoms with van der Waals surface area (Å²) < 4.78 is 0.767. The molecule has 0 spiro atoms. The van der Waals surface area contributed by atoms with Gasteiger partial charge in [0.1, 0.15) is 0 Å². The third-order valence-electron chi connectivity index (χ3n) is 2.57. The van der Waals surface area contributed by atoms with Crippen molar-refractivity contribution in [2.24, 2.45) is 0 Å². The largest absolute Gasteiger partial charge is 0.274 e. The Kier molecular flexibility index (Phi) is 3.89. The maximum absolute atomic E-state index is 12.1. The van der Waals surface area contributed by atoms with Crippen LogP contribution in [0.3, 0.4) is 0 Å². The van der Waals surface area contributed by atoms with Crippen LogP contribution in [-0.4, -0.2) is 22.8 Å². The molecule has 17 heavy (non-hydrogen) atoms. The molecule has 0 unspecified atom stereocenters. The van der Waals surface area contributed by atoms with E-state index in [4.69, 9.17) is 0 Å². The van der Waals surface area contributed by atoms with Gasteiger partial charge in [-0.05, 0) is 33.8 Å². The summed E-state index contributed by atoms with van der Waals surface area (Å²) in [5.41, 5.74) is 0.640. The average molecular weight is 314 g/mol. The van der Waals surface area contributed by atoms with Gasteiger partial charge in [-0.3, -0.25) is 9.59 Å². The van der Waals surface area contributed by atoms with Crippen LogP contribution < -0.4 is 4.90 Å². The number of hydrogen-bond acceptors (Lipinski definition) is 3. The standard InChI is InChI=1S/C12H12BrNO2S/c1-2-17-10-7-11(15)14(12(10)16)9-6-4-3-5-8(9)13/h3-6,10H,2,7H2,1H3/t10-/m0/s1. The first-order chi connectivity index (χ1) is 8.15. The van der Waals surface area contributed by atoms with Gasteiger partial charge in [0.2, 0.25) is 11.8 Å². The summed E-state index contributed by atoms with van der Waals surface area (Å²) >= 11 is 4.89. The number of hydrogen-bond donors (Lipinski definition) is 0. The molecule has 0 N–H and O–H groups in total. The summed E-state index contributed by atoms with van der Waals surface area (Å²) in [5, 5.41) is -0.223. The van der Waals surface area contributed by atoms with Crippen molar-refractivity contribution in [3.8, 4) is 0 Å². The number of thioether (sulfide) groups is 1. The number of imide groups is 1. The summed E-state index contributed by atoms with van der Waals surface area (Å²) in [6.45, 7) is 1.99. The first-order valence-electron chi connectivity index (χ1n) is 5.38. The molecule has 2 amide bonds. The van der Waals surface area contributed by atoms with Crippen LogP contribution in [0.5, 0.6) is 0 Å². The molecule has 1 aliphatic rings. The summed E-state index contributed by atoms with van der Waals surface area (Å²) in [6, 6.07) is 7.28. The van der Waals surface area contributed by atoms with E-state index in [1.54, 1.807) is 6.07 Å². The summed E-state index contributed by atoms with van der Waals surface area (Å²) in [4.78, 5) is 25.3. The Morgan fingerprint density at radius 1 is 1.41 bits per heavy atom. The van der Waals surface area contributed by atoms with Gasteiger partial charge in [0.25, 0.3) is 0 Å². The Balaban J connectivity index is 2.31. The first kappa shape index (κ1) is 12.6. The van der Waals surface area contributed by atoms with E-state index in [1.165, 1.54) is 16.7 Å². The number of carbonyl (C=O) groups is 2. The molecule has 1 aliphatic heterocycles. The number of halogens is 1. The minimum absolute atomic E-state index is 0.103. The van der Waals surface area contributed by atoms with Gasteiger partial charge in [0.15, 0.2) is 0 Å². The highest BCUT2D eigenvalue weighted by Gasteiger charge is 2.39. The Labute approximate surface area is 113 Å². The smallest absolute Gasteiger partial charge is 0.247 e. The predicted octanol–water partition coefficient (Wildman–Crippen LogP) is 2.83. The maximum atomic E-state index is 12.1. The van der Waals surface area contributed by atoms with E-state index in [0.717, 1.165) is 10.2 Å². The van der Waals surface area contributed by atoms with Crippen LogP contribution >= 0.6 is 27.7 Å². The van der Waals surface area contributed by atoms with Gasteiger partial charge in [-0.15, -0.1) is 11.8 Å². The third kappa shape index (κ3) is 2.40. The molecule has 1 saturated heterocycles. The molecule has 2 rings (SSSR count). The van der Waals surface area contributed by atoms with E-state index < -0.39 is 0 Å². The quantitative estimate of drug-likeness (QED) is 0.805. The Bertz CT molecular complexity index is 464. The summed E-state index contributed by atoms with van der Waals surface area (Å²) in [6.07, 6.45) is 0.304. The predicted molar refractivity (Wildman–Crippen MR) is 73.2 cm³/mol. The fourth-order valence-electron chi connectivity index (χ4n) is 1.82. The monoisotopic (exact) mass is 313 g/mol. The van der Waals surface area contributed by atoms with E-state index >= 15 is 0 Å². The van der Waals surface area contributed by atoms with Crippen molar-refractivity contribution < 1.29 is 9.59 Å². The number of rotatable bonds is 3. The van der Waals surface area contributed by atoms with E-state index in [-0.39, 0.29) is 17.1 Å². The number of nitrogens with zero attached hydrogens (tertiary/aromatic N) is 1. The molecule has 90 valence electrons. The molecule has 3 nitrogen and oxygen atoms in total. The molecule has 0 saturated carbocycles. The number of carbonyl (C=O) groups excluding carboxylic acids is 2. The average Bonchev–Trinajstić information content (AvgIpc) is 2.57. The number of anilines is 1. The van der Waals surface area contributed by atoms with Crippen LogP contribution in [0.15, 0.2) is 28.7 Å². The molecule has 0 bridgehead atoms. The van der Waals surface area contributed by atoms with E-state index in [9.17, 15) is 9.59 Å². The zero-order chi connectivity index (χ0) is 12.4. The fraction of sp³-hybridized carbons (Fsp3) is 0.333. The van der Waals surface area contributed by atoms with Crippen LogP contribution in [0.25, 0.3) is 0 Å². The second-order valence-electron chi connectivity index (χ2n) is 3.67. The molecule has 1 heterocycles. The molecule has 5 heteroatoms. The van der Waals surface area contributed by atoms with Crippen LogP contribution in [0, 0.1) is 0 Å². The second kappa shape index (κ2) is 5.23. The number of benzene rings is 1. The van der Waals surface area contributed by atoms with E-state index in [2.05, 4.69) is 15.9 Å². The minimum Gasteiger partial charge on any atom is -0.274 e. The zero-order valence-electron chi connectivity index (χ0n) is 9.35. The van der Waals surface area contributed by atoms with Crippen LogP contribution in [-0.2, 0) is 9.59 Å². The molecular weight excluding hydrogens is 302 g/mol. The number of amides is 2. The van der Waals surface area contributed by atoms with Crippen molar-refractivity contribution in [3.63, 3.8) is 0 Å². The van der Waals surface area contributed by atoms with Crippen LogP contribution in [0.4, 0.5) is 5.69 Å². The van der Waals surface area contributed by atoms with Crippen molar-refractivity contribution in [3.05, 3.63) is 28.7 Å². The molecule has 1 aromatic carbocycles. The SMILES string of the molecule is CCS[C@H]1CC(=O)N(c2ccccc2Br)C1=O. The van der Waals surface area contributed by atoms with Crippen LogP contribution in [0.2, 0.25) is 0 Å². The lowest BCUT2D eigenvalue weighted by Gasteiger charge is -2.16. The van der Waals surface area contributed by atoms with Crippen molar-refractivity contribution in [2.45, 2.75) is 18.6 Å². The highest BCUT2D eigenvalue weighted by molar-refractivity contribution is 9.10. The Hall–Kier alpha value is -0.810. The summed E-state index contributed by atoms with van der Waals surface area (Å²) in [5.74, 6) is 0.620. The fourth-order valence-corrected chi connectivity index (χ4v) is 3.19. The van der Waals surface area contributed by atoms with Crippen molar-refractivity contribution in [1.29, 1.82) is 0 Å². The van der Waals surface area contributed by atoms with Gasteiger partial charge in [-0.25, -0.2) is 4.90 Å². The van der Waals surface area contributed by atoms with Gasteiger partial charge in [-0.2, -0.15) is 0 Å². The molecule has 0 aliphatic carbocycles. The lowest BCUT2D eigenvalue weighted by Crippen LogP contribution is -2.31. The Morgan fingerprint density at radius 3 is 2.76 bits per heavy atom. The molecular formula is C12H12BrNO2S. The zero-order valence-corrected chi connectivity index (χ0v) is 11.8. The van der Waals surface area contributed by atoms with Crippen molar-refractivity contribution >= 4 is 45.2 Å². The van der Waals surface area contributed by atoms with Crippen molar-refractivity contribution in [1.82, 2.24) is 0 Å². The topological polar surface area (TPSA) is 37.4 Å². The lowest BCUT2D eigenvalue weighted by atomic mass is 10.3. The molecule has 1 atom stereocenters. The van der Waals surface area contributed by atoms with Gasteiger partial charge < -0.3 is 0 Å². The normalized spacial score (nSPS) is 20.1. The first-order valence-corrected chi connectivity index (χ1v) is 7.22. The number of para-hydroxylation sites is 1. The minimum atomic E-state index is -0.223. The van der Waals surface area contributed by atoms with Gasteiger partial charge >= 0.3 is 0 Å². The molecule has 1 aromatic rings. The second-order valence-corrected chi connectivity index (χ2v) is 6.00. The highest BCUT2D eigenvalue weighted by Crippen LogP contribution is 2.33. The third-order valence-corrected chi connectivity index (χ3v) is 4.34. The molecule has 0 radical (unpaired) electrons. The van der Waals surface area contributed by atoms with Gasteiger partial charge in [-0.1, -0.05) is 19.1 Å². The maximum Gasteiger partial charge on any atom is 0.247 e. The molecule has 0 aromatic heterocycles. The molecule has 1 fully saturated rings. The highest BCUT2D eigenvalue weighted by atomic mass is 79.9. The Morgan fingerprint density at radius 2 is 2.12 bits per heavy atom. The van der Waals surface area contributed by atoms with E-state index in [1.807, 2.05) is 25.1 Å².